The third-order valence-electron chi connectivity index (χ3n) is 3.31. The van der Waals surface area contributed by atoms with E-state index in [1.165, 1.54) is 0 Å². The number of rotatable bonds is 6. The normalized spacial score (nSPS) is 12.4. The Bertz CT molecular complexity index is 590. The number of anilines is 1. The van der Waals surface area contributed by atoms with E-state index in [4.69, 9.17) is 47.0 Å². The second-order valence-corrected chi connectivity index (χ2v) is 8.34. The van der Waals surface area contributed by atoms with Crippen molar-refractivity contribution >= 4 is 63.7 Å². The molecule has 0 bridgehead atoms. The number of benzene rings is 1. The van der Waals surface area contributed by atoms with Gasteiger partial charge in [0.2, 0.25) is 9.70 Å². The van der Waals surface area contributed by atoms with Crippen LogP contribution in [0.4, 0.5) is 5.69 Å². The van der Waals surface area contributed by atoms with Crippen molar-refractivity contribution in [2.45, 2.75) is 50.0 Å². The number of alkyl halides is 3. The summed E-state index contributed by atoms with van der Waals surface area (Å²) in [6.45, 7) is 5.95. The van der Waals surface area contributed by atoms with Crippen LogP contribution in [0.3, 0.4) is 0 Å². The van der Waals surface area contributed by atoms with Gasteiger partial charge >= 0.3 is 0 Å². The van der Waals surface area contributed by atoms with Gasteiger partial charge in [0, 0.05) is 12.1 Å². The summed E-state index contributed by atoms with van der Waals surface area (Å²) in [7, 11) is 0. The first-order valence-corrected chi connectivity index (χ1v) is 9.18. The molecule has 1 amide bonds. The highest BCUT2D eigenvalue weighted by atomic mass is 35.6. The number of hydrogen-bond acceptors (Lipinski definition) is 2. The van der Waals surface area contributed by atoms with E-state index in [1.807, 2.05) is 39.0 Å². The Labute approximate surface area is 163 Å². The van der Waals surface area contributed by atoms with E-state index in [0.29, 0.717) is 6.42 Å². The maximum atomic E-state index is 11.9. The van der Waals surface area contributed by atoms with Gasteiger partial charge in [-0.15, -0.1) is 0 Å². The van der Waals surface area contributed by atoms with Gasteiger partial charge in [-0.2, -0.15) is 0 Å². The van der Waals surface area contributed by atoms with E-state index in [9.17, 15) is 4.79 Å². The average Bonchev–Trinajstić information content (AvgIpc) is 2.47. The molecule has 1 aromatic rings. The van der Waals surface area contributed by atoms with Crippen LogP contribution >= 0.6 is 47.0 Å². The number of unbranched alkanes of at least 4 members (excludes halogenated alkanes) is 1. The Hall–Kier alpha value is -0.750. The second-order valence-electron chi connectivity index (χ2n) is 5.56. The number of carbonyl (C=O) groups is 1. The lowest BCUT2D eigenvalue weighted by molar-refractivity contribution is -0.122. The number of nitrogens with one attached hydrogen (secondary N) is 3. The summed E-state index contributed by atoms with van der Waals surface area (Å²) in [5.74, 6) is -0.199. The number of aryl methyl sites for hydroxylation is 2. The van der Waals surface area contributed by atoms with E-state index < -0.39 is 9.96 Å². The number of amides is 1. The van der Waals surface area contributed by atoms with Gasteiger partial charge in [0.05, 0.1) is 0 Å². The van der Waals surface area contributed by atoms with Gasteiger partial charge in [-0.1, -0.05) is 60.3 Å². The minimum atomic E-state index is -1.74. The first-order valence-electron chi connectivity index (χ1n) is 7.64. The largest absolute Gasteiger partial charge is 0.339 e. The molecule has 0 saturated heterocycles. The van der Waals surface area contributed by atoms with Crippen molar-refractivity contribution < 1.29 is 4.79 Å². The van der Waals surface area contributed by atoms with Crippen molar-refractivity contribution in [2.24, 2.45) is 0 Å². The highest BCUT2D eigenvalue weighted by molar-refractivity contribution is 7.80. The molecule has 0 radical (unpaired) electrons. The highest BCUT2D eigenvalue weighted by Crippen LogP contribution is 2.29. The van der Waals surface area contributed by atoms with Crippen LogP contribution in [0.2, 0.25) is 0 Å². The molecular formula is C16H22Cl3N3OS. The molecule has 3 N–H and O–H groups in total. The molecule has 134 valence electrons. The molecule has 0 aliphatic carbocycles. The maximum absolute atomic E-state index is 11.9. The van der Waals surface area contributed by atoms with Gasteiger partial charge < -0.3 is 16.0 Å². The van der Waals surface area contributed by atoms with Crippen molar-refractivity contribution in [3.05, 3.63) is 29.3 Å². The maximum Gasteiger partial charge on any atom is 0.228 e. The van der Waals surface area contributed by atoms with Crippen LogP contribution in [0.25, 0.3) is 0 Å². The van der Waals surface area contributed by atoms with E-state index in [2.05, 4.69) is 16.0 Å². The highest BCUT2D eigenvalue weighted by Gasteiger charge is 2.34. The van der Waals surface area contributed by atoms with Crippen LogP contribution in [-0.4, -0.2) is 21.0 Å². The van der Waals surface area contributed by atoms with E-state index in [0.717, 1.165) is 29.7 Å². The molecule has 0 heterocycles. The summed E-state index contributed by atoms with van der Waals surface area (Å²) in [5, 5.41) is 8.84. The van der Waals surface area contributed by atoms with Crippen LogP contribution in [0, 0.1) is 13.8 Å². The van der Waals surface area contributed by atoms with Gasteiger partial charge in [0.25, 0.3) is 0 Å². The molecule has 0 spiro atoms. The SMILES string of the molecule is CCCCC(=O)N[C@@H](NC(=S)Nc1cc(C)ccc1C)C(Cl)(Cl)Cl. The molecule has 0 saturated carbocycles. The van der Waals surface area contributed by atoms with Crippen LogP contribution in [0.1, 0.15) is 37.3 Å². The van der Waals surface area contributed by atoms with Crippen molar-refractivity contribution in [1.82, 2.24) is 10.6 Å². The van der Waals surface area contributed by atoms with Gasteiger partial charge in [-0.05, 0) is 49.7 Å². The quantitative estimate of drug-likeness (QED) is 0.365. The lowest BCUT2D eigenvalue weighted by Gasteiger charge is -2.28. The van der Waals surface area contributed by atoms with Crippen LogP contribution in [0.15, 0.2) is 18.2 Å². The smallest absolute Gasteiger partial charge is 0.228 e. The summed E-state index contributed by atoms with van der Waals surface area (Å²) in [4.78, 5) is 11.9. The molecule has 1 atom stereocenters. The topological polar surface area (TPSA) is 53.2 Å². The molecule has 8 heteroatoms. The average molecular weight is 411 g/mol. The molecule has 0 aliphatic rings. The molecule has 1 aromatic carbocycles. The third kappa shape index (κ3) is 7.43. The van der Waals surface area contributed by atoms with Crippen molar-refractivity contribution in [3.8, 4) is 0 Å². The van der Waals surface area contributed by atoms with Crippen molar-refractivity contribution in [1.29, 1.82) is 0 Å². The summed E-state index contributed by atoms with van der Waals surface area (Å²) < 4.78 is -1.74. The van der Waals surface area contributed by atoms with E-state index in [-0.39, 0.29) is 11.0 Å². The molecule has 4 nitrogen and oxygen atoms in total. The van der Waals surface area contributed by atoms with Gasteiger partial charge in [0.1, 0.15) is 6.17 Å². The standard InChI is InChI=1S/C16H22Cl3N3OS/c1-4-5-6-13(23)21-14(16(17,18)19)22-15(24)20-12-9-10(2)7-8-11(12)3/h7-9,14H,4-6H2,1-3H3,(H,21,23)(H2,20,22,24)/t14-/m0/s1. The number of hydrogen-bond donors (Lipinski definition) is 3. The zero-order valence-electron chi connectivity index (χ0n) is 13.9. The van der Waals surface area contributed by atoms with Gasteiger partial charge in [-0.25, -0.2) is 0 Å². The van der Waals surface area contributed by atoms with Crippen molar-refractivity contribution in [2.75, 3.05) is 5.32 Å². The molecular weight excluding hydrogens is 389 g/mol. The first-order chi connectivity index (χ1) is 11.1. The lowest BCUT2D eigenvalue weighted by Crippen LogP contribution is -2.56. The number of thiocarbonyl (C=S) groups is 1. The predicted octanol–water partition coefficient (Wildman–Crippen LogP) is 4.59. The van der Waals surface area contributed by atoms with Crippen LogP contribution < -0.4 is 16.0 Å². The van der Waals surface area contributed by atoms with Crippen LogP contribution in [0.5, 0.6) is 0 Å². The molecule has 1 rings (SSSR count). The summed E-state index contributed by atoms with van der Waals surface area (Å²) in [6.07, 6.45) is 1.11. The number of halogens is 3. The van der Waals surface area contributed by atoms with Crippen molar-refractivity contribution in [3.63, 3.8) is 0 Å². The second kappa shape index (κ2) is 9.66. The Morgan fingerprint density at radius 1 is 1.25 bits per heavy atom. The molecule has 0 fully saturated rings. The predicted molar refractivity (Wildman–Crippen MR) is 107 cm³/mol. The Kier molecular flexibility index (Phi) is 8.57. The lowest BCUT2D eigenvalue weighted by atomic mass is 10.1. The van der Waals surface area contributed by atoms with E-state index >= 15 is 0 Å². The fourth-order valence-corrected chi connectivity index (χ4v) is 2.49. The monoisotopic (exact) mass is 409 g/mol. The Morgan fingerprint density at radius 3 is 2.50 bits per heavy atom. The molecule has 0 unspecified atom stereocenters. The first kappa shape index (κ1) is 21.3. The Morgan fingerprint density at radius 2 is 1.92 bits per heavy atom. The zero-order valence-corrected chi connectivity index (χ0v) is 17.0. The summed E-state index contributed by atoms with van der Waals surface area (Å²) in [5.41, 5.74) is 2.98. The fraction of sp³-hybridized carbons (Fsp3) is 0.500. The fourth-order valence-electron chi connectivity index (χ4n) is 1.93. The minimum Gasteiger partial charge on any atom is -0.339 e. The minimum absolute atomic E-state index is 0.199. The summed E-state index contributed by atoms with van der Waals surface area (Å²) in [6, 6.07) is 5.96. The Balaban J connectivity index is 2.74. The zero-order chi connectivity index (χ0) is 18.3. The van der Waals surface area contributed by atoms with Crippen LogP contribution in [-0.2, 0) is 4.79 Å². The van der Waals surface area contributed by atoms with Gasteiger partial charge in [0.15, 0.2) is 5.11 Å². The molecule has 0 aromatic heterocycles. The number of carbonyl (C=O) groups excluding carboxylic acids is 1. The molecule has 0 aliphatic heterocycles. The third-order valence-corrected chi connectivity index (χ3v) is 4.18. The van der Waals surface area contributed by atoms with E-state index in [1.54, 1.807) is 0 Å². The van der Waals surface area contributed by atoms with Gasteiger partial charge in [-0.3, -0.25) is 4.79 Å². The molecule has 24 heavy (non-hydrogen) atoms. The summed E-state index contributed by atoms with van der Waals surface area (Å²) >= 11 is 23.1.